The van der Waals surface area contributed by atoms with Gasteiger partial charge in [0.15, 0.2) is 5.69 Å². The van der Waals surface area contributed by atoms with Crippen molar-refractivity contribution in [3.05, 3.63) is 35.9 Å². The Balaban J connectivity index is 1.79. The van der Waals surface area contributed by atoms with Crippen LogP contribution in [0.1, 0.15) is 59.6 Å². The summed E-state index contributed by atoms with van der Waals surface area (Å²) in [6.07, 6.45) is 8.55. The third-order valence-electron chi connectivity index (χ3n) is 5.00. The highest BCUT2D eigenvalue weighted by molar-refractivity contribution is 6.02. The smallest absolute Gasteiger partial charge is 0.287 e. The number of aromatic nitrogens is 2. The van der Waals surface area contributed by atoms with Crippen molar-refractivity contribution >= 4 is 17.3 Å². The first-order valence-corrected chi connectivity index (χ1v) is 9.77. The van der Waals surface area contributed by atoms with Gasteiger partial charge in [-0.1, -0.05) is 31.7 Å². The zero-order chi connectivity index (χ0) is 19.2. The fourth-order valence-electron chi connectivity index (χ4n) is 3.52. The van der Waals surface area contributed by atoms with Crippen molar-refractivity contribution in [2.75, 3.05) is 27.2 Å². The minimum Gasteiger partial charge on any atom is -0.349 e. The molecule has 1 saturated carbocycles. The van der Waals surface area contributed by atoms with Crippen LogP contribution in [0.3, 0.4) is 0 Å². The molecule has 7 heteroatoms. The highest BCUT2D eigenvalue weighted by Crippen LogP contribution is 2.18. The molecule has 0 radical (unpaired) electrons. The van der Waals surface area contributed by atoms with Crippen LogP contribution in [0.25, 0.3) is 5.52 Å². The van der Waals surface area contributed by atoms with Crippen molar-refractivity contribution in [3.8, 4) is 0 Å². The van der Waals surface area contributed by atoms with Crippen LogP contribution in [0.15, 0.2) is 24.4 Å². The lowest BCUT2D eigenvalue weighted by Gasteiger charge is -2.15. The first-order chi connectivity index (χ1) is 13.1. The van der Waals surface area contributed by atoms with Crippen LogP contribution >= 0.6 is 0 Å². The van der Waals surface area contributed by atoms with Gasteiger partial charge in [-0.05, 0) is 39.1 Å². The average molecular weight is 371 g/mol. The third-order valence-corrected chi connectivity index (χ3v) is 5.00. The van der Waals surface area contributed by atoms with Crippen molar-refractivity contribution < 1.29 is 9.59 Å². The van der Waals surface area contributed by atoms with Crippen LogP contribution in [-0.2, 0) is 0 Å². The maximum atomic E-state index is 12.8. The second kappa shape index (κ2) is 8.99. The monoisotopic (exact) mass is 371 g/mol. The Morgan fingerprint density at radius 2 is 1.89 bits per heavy atom. The molecule has 0 aromatic carbocycles. The Bertz CT molecular complexity index is 791. The van der Waals surface area contributed by atoms with Crippen LogP contribution in [0.2, 0.25) is 0 Å². The molecule has 2 heterocycles. The molecule has 0 aliphatic heterocycles. The first-order valence-electron chi connectivity index (χ1n) is 9.77. The van der Waals surface area contributed by atoms with Crippen LogP contribution in [0.4, 0.5) is 0 Å². The zero-order valence-electron chi connectivity index (χ0n) is 16.2. The third kappa shape index (κ3) is 4.86. The second-order valence-electron chi connectivity index (χ2n) is 7.46. The van der Waals surface area contributed by atoms with Gasteiger partial charge in [0.2, 0.25) is 5.82 Å². The summed E-state index contributed by atoms with van der Waals surface area (Å²) in [6, 6.07) is 5.69. The number of fused-ring (bicyclic) bond motifs is 1. The molecule has 27 heavy (non-hydrogen) atoms. The van der Waals surface area contributed by atoms with E-state index in [-0.39, 0.29) is 23.7 Å². The molecule has 0 unspecified atom stereocenters. The molecular weight excluding hydrogens is 342 g/mol. The number of nitrogens with zero attached hydrogens (tertiary/aromatic N) is 3. The fraction of sp³-hybridized carbons (Fsp3) is 0.550. The summed E-state index contributed by atoms with van der Waals surface area (Å²) in [6.45, 7) is 1.27. The molecule has 0 atom stereocenters. The number of amides is 2. The summed E-state index contributed by atoms with van der Waals surface area (Å²) in [7, 11) is 3.90. The van der Waals surface area contributed by atoms with Crippen molar-refractivity contribution in [3.63, 3.8) is 0 Å². The van der Waals surface area contributed by atoms with E-state index >= 15 is 0 Å². The predicted molar refractivity (Wildman–Crippen MR) is 105 cm³/mol. The second-order valence-corrected chi connectivity index (χ2v) is 7.46. The highest BCUT2D eigenvalue weighted by atomic mass is 16.2. The van der Waals surface area contributed by atoms with E-state index in [4.69, 9.17) is 0 Å². The van der Waals surface area contributed by atoms with Crippen molar-refractivity contribution in [1.82, 2.24) is 24.9 Å². The van der Waals surface area contributed by atoms with Gasteiger partial charge >= 0.3 is 0 Å². The number of carbonyl (C=O) groups excluding carboxylic acids is 2. The summed E-state index contributed by atoms with van der Waals surface area (Å²) in [5.74, 6) is -0.197. The van der Waals surface area contributed by atoms with Gasteiger partial charge < -0.3 is 15.5 Å². The summed E-state index contributed by atoms with van der Waals surface area (Å²) in [4.78, 5) is 31.8. The Hall–Kier alpha value is -2.41. The van der Waals surface area contributed by atoms with E-state index < -0.39 is 0 Å². The number of hydrogen-bond acceptors (Lipinski definition) is 4. The van der Waals surface area contributed by atoms with E-state index in [2.05, 4.69) is 15.6 Å². The Kier molecular flexibility index (Phi) is 6.45. The van der Waals surface area contributed by atoms with E-state index in [1.54, 1.807) is 10.6 Å². The highest BCUT2D eigenvalue weighted by Gasteiger charge is 2.23. The molecule has 0 saturated heterocycles. The topological polar surface area (TPSA) is 78.7 Å². The van der Waals surface area contributed by atoms with Gasteiger partial charge in [-0.25, -0.2) is 4.98 Å². The molecule has 2 amide bonds. The number of nitrogens with one attached hydrogen (secondary N) is 2. The molecule has 1 aliphatic carbocycles. The Labute approximate surface area is 160 Å². The number of hydrogen-bond donors (Lipinski definition) is 2. The number of likely N-dealkylation sites (N-methyl/N-ethyl adjacent to an activating group) is 1. The van der Waals surface area contributed by atoms with Gasteiger partial charge in [0.05, 0.1) is 5.52 Å². The summed E-state index contributed by atoms with van der Waals surface area (Å²) < 4.78 is 1.70. The van der Waals surface area contributed by atoms with Crippen LogP contribution < -0.4 is 10.6 Å². The Morgan fingerprint density at radius 1 is 1.15 bits per heavy atom. The zero-order valence-corrected chi connectivity index (χ0v) is 16.2. The van der Waals surface area contributed by atoms with Crippen LogP contribution in [0.5, 0.6) is 0 Å². The summed E-state index contributed by atoms with van der Waals surface area (Å²) in [5.41, 5.74) is 0.936. The van der Waals surface area contributed by atoms with E-state index in [1.807, 2.05) is 37.2 Å². The van der Waals surface area contributed by atoms with Crippen LogP contribution in [-0.4, -0.2) is 59.3 Å². The largest absolute Gasteiger partial charge is 0.349 e. The molecule has 7 nitrogen and oxygen atoms in total. The summed E-state index contributed by atoms with van der Waals surface area (Å²) >= 11 is 0. The molecule has 1 aliphatic rings. The SMILES string of the molecule is CN(C)CCNC(=O)c1nc(C(=O)NC2CCCCCC2)n2ccccc12. The Morgan fingerprint density at radius 3 is 2.59 bits per heavy atom. The maximum absolute atomic E-state index is 12.8. The fourth-order valence-corrected chi connectivity index (χ4v) is 3.52. The lowest BCUT2D eigenvalue weighted by Crippen LogP contribution is -2.35. The van der Waals surface area contributed by atoms with Crippen molar-refractivity contribution in [2.24, 2.45) is 0 Å². The minimum absolute atomic E-state index is 0.188. The molecule has 0 spiro atoms. The van der Waals surface area contributed by atoms with Gasteiger partial charge in [-0.2, -0.15) is 0 Å². The van der Waals surface area contributed by atoms with Crippen LogP contribution in [0, 0.1) is 0 Å². The van der Waals surface area contributed by atoms with Gasteiger partial charge in [-0.15, -0.1) is 0 Å². The molecular formula is C20H29N5O2. The van der Waals surface area contributed by atoms with E-state index in [9.17, 15) is 9.59 Å². The average Bonchev–Trinajstić information content (AvgIpc) is 2.85. The lowest BCUT2D eigenvalue weighted by molar-refractivity contribution is 0.0922. The molecule has 146 valence electrons. The van der Waals surface area contributed by atoms with E-state index in [0.717, 1.165) is 32.2 Å². The lowest BCUT2D eigenvalue weighted by atomic mass is 10.1. The van der Waals surface area contributed by atoms with E-state index in [1.165, 1.54) is 12.8 Å². The van der Waals surface area contributed by atoms with Gasteiger partial charge in [0, 0.05) is 25.3 Å². The van der Waals surface area contributed by atoms with Crippen molar-refractivity contribution in [1.29, 1.82) is 0 Å². The van der Waals surface area contributed by atoms with Crippen molar-refractivity contribution in [2.45, 2.75) is 44.6 Å². The number of pyridine rings is 1. The first kappa shape index (κ1) is 19.4. The molecule has 2 aromatic rings. The maximum Gasteiger partial charge on any atom is 0.287 e. The molecule has 2 aromatic heterocycles. The molecule has 2 N–H and O–H groups in total. The minimum atomic E-state index is -0.255. The molecule has 1 fully saturated rings. The molecule has 3 rings (SSSR count). The standard InChI is InChI=1S/C20H29N5O2/c1-24(2)14-12-21-19(26)17-16-11-7-8-13-25(16)18(23-17)20(27)22-15-9-5-3-4-6-10-15/h7-8,11,13,15H,3-6,9-10,12,14H2,1-2H3,(H,21,26)(H,22,27). The summed E-state index contributed by atoms with van der Waals surface area (Å²) in [5, 5.41) is 5.99. The number of carbonyl (C=O) groups is 2. The molecule has 0 bridgehead atoms. The van der Waals surface area contributed by atoms with E-state index in [0.29, 0.717) is 17.8 Å². The van der Waals surface area contributed by atoms with Gasteiger partial charge in [0.1, 0.15) is 0 Å². The predicted octanol–water partition coefficient (Wildman–Crippen LogP) is 2.08. The van der Waals surface area contributed by atoms with Gasteiger partial charge in [-0.3, -0.25) is 14.0 Å². The van der Waals surface area contributed by atoms with Gasteiger partial charge in [0.25, 0.3) is 11.8 Å². The number of rotatable bonds is 6. The normalized spacial score (nSPS) is 15.7. The number of imidazole rings is 1. The quantitative estimate of drug-likeness (QED) is 0.762.